The zero-order valence-electron chi connectivity index (χ0n) is 11.4. The molecule has 2 aromatic rings. The lowest BCUT2D eigenvalue weighted by Gasteiger charge is -2.18. The summed E-state index contributed by atoms with van der Waals surface area (Å²) < 4.78 is 10.7. The highest BCUT2D eigenvalue weighted by atomic mass is 35.5. The SMILES string of the molecule is Cc1ccc(Cl)cc1NC(C)c1ccc2c(c1)OCO2. The lowest BCUT2D eigenvalue weighted by Crippen LogP contribution is -2.07. The van der Waals surface area contributed by atoms with E-state index in [-0.39, 0.29) is 6.04 Å². The molecule has 0 aliphatic carbocycles. The van der Waals surface area contributed by atoms with Gasteiger partial charge < -0.3 is 14.8 Å². The van der Waals surface area contributed by atoms with Gasteiger partial charge in [-0.05, 0) is 49.2 Å². The van der Waals surface area contributed by atoms with Gasteiger partial charge in [-0.15, -0.1) is 0 Å². The molecule has 1 aliphatic rings. The summed E-state index contributed by atoms with van der Waals surface area (Å²) in [7, 11) is 0. The summed E-state index contributed by atoms with van der Waals surface area (Å²) in [5.74, 6) is 1.61. The van der Waals surface area contributed by atoms with Gasteiger partial charge in [-0.1, -0.05) is 23.7 Å². The van der Waals surface area contributed by atoms with Crippen LogP contribution in [0.15, 0.2) is 36.4 Å². The Morgan fingerprint density at radius 1 is 1.10 bits per heavy atom. The van der Waals surface area contributed by atoms with E-state index in [1.165, 1.54) is 5.56 Å². The zero-order chi connectivity index (χ0) is 14.1. The van der Waals surface area contributed by atoms with Gasteiger partial charge in [0.1, 0.15) is 0 Å². The lowest BCUT2D eigenvalue weighted by atomic mass is 10.1. The molecule has 0 saturated carbocycles. The number of hydrogen-bond donors (Lipinski definition) is 1. The van der Waals surface area contributed by atoms with Crippen molar-refractivity contribution in [2.75, 3.05) is 12.1 Å². The molecular weight excluding hydrogens is 274 g/mol. The maximum atomic E-state index is 6.05. The van der Waals surface area contributed by atoms with Crippen LogP contribution in [0.2, 0.25) is 5.02 Å². The number of fused-ring (bicyclic) bond motifs is 1. The van der Waals surface area contributed by atoms with Crippen molar-refractivity contribution in [2.24, 2.45) is 0 Å². The highest BCUT2D eigenvalue weighted by Gasteiger charge is 2.16. The number of benzene rings is 2. The quantitative estimate of drug-likeness (QED) is 0.899. The van der Waals surface area contributed by atoms with Crippen molar-refractivity contribution >= 4 is 17.3 Å². The first kappa shape index (κ1) is 13.1. The van der Waals surface area contributed by atoms with Crippen LogP contribution in [0.25, 0.3) is 0 Å². The zero-order valence-corrected chi connectivity index (χ0v) is 12.2. The summed E-state index contributed by atoms with van der Waals surface area (Å²) in [6.07, 6.45) is 0. The molecule has 1 heterocycles. The molecule has 0 saturated heterocycles. The Kier molecular flexibility index (Phi) is 3.45. The van der Waals surface area contributed by atoms with Crippen molar-refractivity contribution < 1.29 is 9.47 Å². The number of anilines is 1. The summed E-state index contributed by atoms with van der Waals surface area (Å²) in [6, 6.07) is 12.0. The third-order valence-corrected chi connectivity index (χ3v) is 3.70. The van der Waals surface area contributed by atoms with Gasteiger partial charge in [0, 0.05) is 16.8 Å². The predicted octanol–water partition coefficient (Wildman–Crippen LogP) is 4.55. The molecule has 0 amide bonds. The van der Waals surface area contributed by atoms with Gasteiger partial charge in [-0.3, -0.25) is 0 Å². The highest BCUT2D eigenvalue weighted by Crippen LogP contribution is 2.35. The van der Waals surface area contributed by atoms with E-state index in [1.54, 1.807) is 0 Å². The lowest BCUT2D eigenvalue weighted by molar-refractivity contribution is 0.174. The first-order chi connectivity index (χ1) is 9.63. The fourth-order valence-electron chi connectivity index (χ4n) is 2.25. The van der Waals surface area contributed by atoms with Gasteiger partial charge in [-0.25, -0.2) is 0 Å². The van der Waals surface area contributed by atoms with E-state index in [4.69, 9.17) is 21.1 Å². The van der Waals surface area contributed by atoms with Crippen LogP contribution in [0.1, 0.15) is 24.1 Å². The third kappa shape index (κ3) is 2.54. The van der Waals surface area contributed by atoms with E-state index < -0.39 is 0 Å². The molecule has 0 radical (unpaired) electrons. The molecule has 0 fully saturated rings. The Morgan fingerprint density at radius 3 is 2.75 bits per heavy atom. The molecule has 1 unspecified atom stereocenters. The number of rotatable bonds is 3. The standard InChI is InChI=1S/C16H16ClNO2/c1-10-3-5-13(17)8-14(10)18-11(2)12-4-6-15-16(7-12)20-9-19-15/h3-8,11,18H,9H2,1-2H3. The van der Waals surface area contributed by atoms with Crippen molar-refractivity contribution in [1.29, 1.82) is 0 Å². The molecule has 3 nitrogen and oxygen atoms in total. The second kappa shape index (κ2) is 5.25. The van der Waals surface area contributed by atoms with Gasteiger partial charge in [0.05, 0.1) is 0 Å². The van der Waals surface area contributed by atoms with E-state index in [0.717, 1.165) is 27.8 Å². The second-order valence-corrected chi connectivity index (χ2v) is 5.37. The molecule has 1 N–H and O–H groups in total. The van der Waals surface area contributed by atoms with Gasteiger partial charge in [0.15, 0.2) is 11.5 Å². The van der Waals surface area contributed by atoms with Crippen LogP contribution < -0.4 is 14.8 Å². The van der Waals surface area contributed by atoms with Crippen LogP contribution in [-0.4, -0.2) is 6.79 Å². The monoisotopic (exact) mass is 289 g/mol. The fourth-order valence-corrected chi connectivity index (χ4v) is 2.42. The maximum absolute atomic E-state index is 6.05. The average Bonchev–Trinajstić information content (AvgIpc) is 2.90. The number of nitrogens with one attached hydrogen (secondary N) is 1. The van der Waals surface area contributed by atoms with Crippen LogP contribution in [0, 0.1) is 6.92 Å². The average molecular weight is 290 g/mol. The minimum atomic E-state index is 0.154. The Labute approximate surface area is 123 Å². The molecular formula is C16H16ClNO2. The summed E-state index contributed by atoms with van der Waals surface area (Å²) in [6.45, 7) is 4.47. The molecule has 0 spiro atoms. The van der Waals surface area contributed by atoms with Crippen molar-refractivity contribution in [1.82, 2.24) is 0 Å². The topological polar surface area (TPSA) is 30.5 Å². The Bertz CT molecular complexity index is 642. The number of aryl methyl sites for hydroxylation is 1. The first-order valence-electron chi connectivity index (χ1n) is 6.56. The van der Waals surface area contributed by atoms with Crippen LogP contribution >= 0.6 is 11.6 Å². The number of hydrogen-bond acceptors (Lipinski definition) is 3. The summed E-state index contributed by atoms with van der Waals surface area (Å²) in [5.41, 5.74) is 3.36. The molecule has 1 aliphatic heterocycles. The minimum Gasteiger partial charge on any atom is -0.454 e. The van der Waals surface area contributed by atoms with E-state index in [9.17, 15) is 0 Å². The Hall–Kier alpha value is -1.87. The first-order valence-corrected chi connectivity index (χ1v) is 6.93. The summed E-state index contributed by atoms with van der Waals surface area (Å²) in [5, 5.41) is 4.21. The maximum Gasteiger partial charge on any atom is 0.231 e. The Balaban J connectivity index is 1.82. The van der Waals surface area contributed by atoms with Crippen LogP contribution in [0.5, 0.6) is 11.5 Å². The molecule has 0 bridgehead atoms. The van der Waals surface area contributed by atoms with Crippen LogP contribution in [0.4, 0.5) is 5.69 Å². The van der Waals surface area contributed by atoms with Gasteiger partial charge in [0.25, 0.3) is 0 Å². The number of ether oxygens (including phenoxy) is 2. The van der Waals surface area contributed by atoms with Gasteiger partial charge in [0.2, 0.25) is 6.79 Å². The van der Waals surface area contributed by atoms with Gasteiger partial charge in [-0.2, -0.15) is 0 Å². The van der Waals surface area contributed by atoms with Crippen molar-refractivity contribution in [3.63, 3.8) is 0 Å². The van der Waals surface area contributed by atoms with E-state index in [0.29, 0.717) is 6.79 Å². The minimum absolute atomic E-state index is 0.154. The van der Waals surface area contributed by atoms with E-state index in [1.807, 2.05) is 36.4 Å². The van der Waals surface area contributed by atoms with Crippen LogP contribution in [-0.2, 0) is 0 Å². The molecule has 1 atom stereocenters. The molecule has 3 rings (SSSR count). The molecule has 4 heteroatoms. The van der Waals surface area contributed by atoms with E-state index >= 15 is 0 Å². The summed E-state index contributed by atoms with van der Waals surface area (Å²) >= 11 is 6.05. The van der Waals surface area contributed by atoms with Crippen molar-refractivity contribution in [3.05, 3.63) is 52.5 Å². The number of halogens is 1. The van der Waals surface area contributed by atoms with Crippen LogP contribution in [0.3, 0.4) is 0 Å². The second-order valence-electron chi connectivity index (χ2n) is 4.94. The molecule has 104 valence electrons. The van der Waals surface area contributed by atoms with E-state index in [2.05, 4.69) is 19.2 Å². The Morgan fingerprint density at radius 2 is 1.90 bits per heavy atom. The molecule has 2 aromatic carbocycles. The fraction of sp³-hybridized carbons (Fsp3) is 0.250. The molecule has 20 heavy (non-hydrogen) atoms. The van der Waals surface area contributed by atoms with Crippen molar-refractivity contribution in [2.45, 2.75) is 19.9 Å². The van der Waals surface area contributed by atoms with Gasteiger partial charge >= 0.3 is 0 Å². The highest BCUT2D eigenvalue weighted by molar-refractivity contribution is 6.30. The smallest absolute Gasteiger partial charge is 0.231 e. The normalized spacial score (nSPS) is 14.2. The third-order valence-electron chi connectivity index (χ3n) is 3.47. The molecule has 0 aromatic heterocycles. The largest absolute Gasteiger partial charge is 0.454 e. The summed E-state index contributed by atoms with van der Waals surface area (Å²) in [4.78, 5) is 0. The van der Waals surface area contributed by atoms with Crippen molar-refractivity contribution in [3.8, 4) is 11.5 Å². The predicted molar refractivity (Wildman–Crippen MR) is 80.8 cm³/mol.